The number of ether oxygens (including phenoxy) is 1. The van der Waals surface area contributed by atoms with Crippen LogP contribution in [0.1, 0.15) is 148 Å². The van der Waals surface area contributed by atoms with Gasteiger partial charge in [0, 0.05) is 5.57 Å². The molecule has 0 aromatic heterocycles. The van der Waals surface area contributed by atoms with Crippen molar-refractivity contribution in [3.63, 3.8) is 0 Å². The average molecular weight is 597 g/mol. The van der Waals surface area contributed by atoms with E-state index in [2.05, 4.69) is 89.7 Å². The first kappa shape index (κ1) is 33.1. The summed E-state index contributed by atoms with van der Waals surface area (Å²) in [6.45, 7) is 34.2. The van der Waals surface area contributed by atoms with E-state index < -0.39 is 11.6 Å². The van der Waals surface area contributed by atoms with Crippen molar-refractivity contribution in [1.29, 1.82) is 0 Å². The number of esters is 1. The highest BCUT2D eigenvalue weighted by atomic mass is 16.6. The zero-order chi connectivity index (χ0) is 32.6. The number of aliphatic carboxylic acids is 1. The van der Waals surface area contributed by atoms with E-state index in [9.17, 15) is 9.59 Å². The summed E-state index contributed by atoms with van der Waals surface area (Å²) in [5.41, 5.74) is 0.697. The molecule has 9 rings (SSSR count). The summed E-state index contributed by atoms with van der Waals surface area (Å²) < 4.78 is 6.43. The third-order valence-corrected chi connectivity index (χ3v) is 16.8. The minimum absolute atomic E-state index is 0.00902. The predicted molar refractivity (Wildman–Crippen MR) is 174 cm³/mol. The van der Waals surface area contributed by atoms with E-state index in [1.807, 2.05) is 0 Å². The molecule has 6 bridgehead atoms. The van der Waals surface area contributed by atoms with Crippen molar-refractivity contribution in [1.82, 2.24) is 0 Å². The molecule has 244 valence electrons. The summed E-state index contributed by atoms with van der Waals surface area (Å²) in [7, 11) is 0. The molecule has 9 saturated carbocycles. The van der Waals surface area contributed by atoms with Gasteiger partial charge in [0.1, 0.15) is 5.60 Å². The van der Waals surface area contributed by atoms with E-state index in [-0.39, 0.29) is 44.0 Å². The first-order valence-corrected chi connectivity index (χ1v) is 17.5. The van der Waals surface area contributed by atoms with Crippen LogP contribution in [0.15, 0.2) is 12.2 Å². The van der Waals surface area contributed by atoms with Crippen molar-refractivity contribution >= 4 is 11.9 Å². The van der Waals surface area contributed by atoms with Crippen LogP contribution in [0.4, 0.5) is 0 Å². The van der Waals surface area contributed by atoms with E-state index in [1.165, 1.54) is 58.3 Å². The van der Waals surface area contributed by atoms with Crippen LogP contribution >= 0.6 is 0 Å². The van der Waals surface area contributed by atoms with Gasteiger partial charge in [0.2, 0.25) is 0 Å². The van der Waals surface area contributed by atoms with Crippen LogP contribution in [0.5, 0.6) is 0 Å². The monoisotopic (exact) mass is 596 g/mol. The Balaban J connectivity index is 0.000000559. The molecule has 0 aromatic rings. The number of rotatable bonds is 4. The molecule has 0 heterocycles. The third-order valence-electron chi connectivity index (χ3n) is 16.8. The third kappa shape index (κ3) is 3.62. The van der Waals surface area contributed by atoms with Gasteiger partial charge in [0.15, 0.2) is 0 Å². The lowest BCUT2D eigenvalue weighted by Gasteiger charge is -2.88. The topological polar surface area (TPSA) is 63.6 Å². The fraction of sp³-hybridized carbons (Fsp3) is 0.897. The Morgan fingerprint density at radius 2 is 1.26 bits per heavy atom. The van der Waals surface area contributed by atoms with Crippen LogP contribution in [0.2, 0.25) is 0 Å². The second kappa shape index (κ2) is 9.15. The Bertz CT molecular complexity index is 1200. The summed E-state index contributed by atoms with van der Waals surface area (Å²) in [6, 6.07) is 0. The van der Waals surface area contributed by atoms with Crippen LogP contribution in [0, 0.1) is 67.0 Å². The number of hydrogen-bond acceptors (Lipinski definition) is 3. The second-order valence-corrected chi connectivity index (χ2v) is 19.6. The van der Waals surface area contributed by atoms with Crippen LogP contribution in [0.25, 0.3) is 0 Å². The van der Waals surface area contributed by atoms with Gasteiger partial charge in [-0.15, -0.1) is 0 Å². The molecule has 9 fully saturated rings. The fourth-order valence-electron chi connectivity index (χ4n) is 14.1. The molecule has 4 nitrogen and oxygen atoms in total. The van der Waals surface area contributed by atoms with Gasteiger partial charge in [-0.2, -0.15) is 0 Å². The fourth-order valence-corrected chi connectivity index (χ4v) is 14.1. The summed E-state index contributed by atoms with van der Waals surface area (Å²) >= 11 is 0. The van der Waals surface area contributed by atoms with Gasteiger partial charge in [-0.25, -0.2) is 4.79 Å². The van der Waals surface area contributed by atoms with E-state index in [0.717, 1.165) is 24.2 Å². The number of carboxylic acid groups (broad SMARTS) is 1. The highest BCUT2D eigenvalue weighted by Crippen LogP contribution is 2.92. The maximum Gasteiger partial charge on any atom is 0.330 e. The van der Waals surface area contributed by atoms with E-state index in [1.54, 1.807) is 0 Å². The molecule has 0 aliphatic heterocycles. The van der Waals surface area contributed by atoms with Gasteiger partial charge < -0.3 is 9.84 Å². The van der Waals surface area contributed by atoms with Gasteiger partial charge in [0.25, 0.3) is 0 Å². The summed E-state index contributed by atoms with van der Waals surface area (Å²) in [6.07, 6.45) is 11.8. The highest BCUT2D eigenvalue weighted by Gasteiger charge is 2.88. The van der Waals surface area contributed by atoms with Crippen molar-refractivity contribution in [2.45, 2.75) is 153 Å². The molecule has 9 aliphatic rings. The molecule has 4 heteroatoms. The molecule has 0 aromatic carbocycles. The zero-order valence-corrected chi connectivity index (χ0v) is 30.1. The summed E-state index contributed by atoms with van der Waals surface area (Å²) in [4.78, 5) is 24.2. The van der Waals surface area contributed by atoms with Crippen molar-refractivity contribution < 1.29 is 19.4 Å². The normalized spacial score (nSPS) is 47.7. The number of hydrogen-bond donors (Lipinski definition) is 1. The zero-order valence-electron chi connectivity index (χ0n) is 30.1. The number of carbonyl (C=O) groups is 2. The molecule has 0 radical (unpaired) electrons. The Labute approximate surface area is 263 Å². The van der Waals surface area contributed by atoms with Crippen LogP contribution in [-0.4, -0.2) is 22.6 Å². The van der Waals surface area contributed by atoms with Gasteiger partial charge in [-0.1, -0.05) is 68.9 Å². The maximum absolute atomic E-state index is 14.6. The SMILES string of the molecule is C=C(C)C(=O)O.CC(C)(C)OC(=O)C12CC(CCC1(C)C13CC(CCC1(C)C1(C)CCC4CC1C4(C)C)C3(C)C)C2(C)C. The number of carboxylic acids is 1. The molecule has 9 unspecified atom stereocenters. The molecular formula is C39H64O4. The van der Waals surface area contributed by atoms with Crippen LogP contribution in [0.3, 0.4) is 0 Å². The van der Waals surface area contributed by atoms with Crippen molar-refractivity contribution in [3.05, 3.63) is 12.2 Å². The van der Waals surface area contributed by atoms with Crippen molar-refractivity contribution in [2.75, 3.05) is 0 Å². The lowest BCUT2D eigenvalue weighted by atomic mass is 9.15. The van der Waals surface area contributed by atoms with Gasteiger partial charge >= 0.3 is 11.9 Å². The maximum atomic E-state index is 14.6. The van der Waals surface area contributed by atoms with Gasteiger partial charge in [0.05, 0.1) is 5.41 Å². The minimum atomic E-state index is -0.935. The Morgan fingerprint density at radius 3 is 1.67 bits per heavy atom. The van der Waals surface area contributed by atoms with Crippen LogP contribution < -0.4 is 0 Å². The molecule has 1 N–H and O–H groups in total. The quantitative estimate of drug-likeness (QED) is 0.259. The molecule has 43 heavy (non-hydrogen) atoms. The molecule has 0 spiro atoms. The smallest absolute Gasteiger partial charge is 0.330 e. The largest absolute Gasteiger partial charge is 0.478 e. The van der Waals surface area contributed by atoms with Crippen molar-refractivity contribution in [3.8, 4) is 0 Å². The first-order valence-electron chi connectivity index (χ1n) is 17.5. The Morgan fingerprint density at radius 1 is 0.767 bits per heavy atom. The molecule has 0 amide bonds. The molecule has 9 aliphatic carbocycles. The van der Waals surface area contributed by atoms with Gasteiger partial charge in [-0.05, 0) is 147 Å². The molecule has 0 saturated heterocycles. The first-order chi connectivity index (χ1) is 19.3. The summed E-state index contributed by atoms with van der Waals surface area (Å²) in [5.74, 6) is 2.36. The Hall–Kier alpha value is -1.32. The Kier molecular flexibility index (Phi) is 7.03. The predicted octanol–water partition coefficient (Wildman–Crippen LogP) is 10.1. The van der Waals surface area contributed by atoms with E-state index >= 15 is 0 Å². The van der Waals surface area contributed by atoms with E-state index in [0.29, 0.717) is 16.7 Å². The molecule has 9 atom stereocenters. The lowest BCUT2D eigenvalue weighted by molar-refractivity contribution is -0.405. The summed E-state index contributed by atoms with van der Waals surface area (Å²) in [5, 5.41) is 7.89. The van der Waals surface area contributed by atoms with Crippen molar-refractivity contribution in [2.24, 2.45) is 67.0 Å². The second-order valence-electron chi connectivity index (χ2n) is 19.6. The van der Waals surface area contributed by atoms with Gasteiger partial charge in [-0.3, -0.25) is 4.79 Å². The number of carbonyl (C=O) groups excluding carboxylic acids is 1. The standard InChI is InChI=1S/C35H58O2.C4H6O2/c1-27(2,3)37-26(36)34-20-23(29(34,6)7)15-18-33(34,12)35-21-24(30(35,8)9)14-17-32(35,11)31(10)16-13-22-19-25(31)28(22,4)5;1-3(2)4(5)6/h22-25H,13-21H2,1-12H3;1H2,2H3,(H,5,6). The number of fused-ring (bicyclic) bond motifs is 7. The highest BCUT2D eigenvalue weighted by molar-refractivity contribution is 5.84. The van der Waals surface area contributed by atoms with Crippen LogP contribution in [-0.2, 0) is 14.3 Å². The average Bonchev–Trinajstić information content (AvgIpc) is 2.86. The minimum Gasteiger partial charge on any atom is -0.478 e. The van der Waals surface area contributed by atoms with E-state index in [4.69, 9.17) is 9.84 Å². The molecular weight excluding hydrogens is 532 g/mol. The lowest BCUT2D eigenvalue weighted by Crippen LogP contribution is -2.84.